The molecule has 1 atom stereocenters. The lowest BCUT2D eigenvalue weighted by Crippen LogP contribution is -2.30. The van der Waals surface area contributed by atoms with Gasteiger partial charge >= 0.3 is 0 Å². The Morgan fingerprint density at radius 2 is 1.77 bits per heavy atom. The summed E-state index contributed by atoms with van der Waals surface area (Å²) in [4.78, 5) is 14.1. The minimum Gasteiger partial charge on any atom is -0.324 e. The van der Waals surface area contributed by atoms with Crippen LogP contribution in [0, 0.1) is 0 Å². The number of amides is 1. The van der Waals surface area contributed by atoms with Crippen molar-refractivity contribution in [1.82, 2.24) is 14.7 Å². The third-order valence-corrected chi connectivity index (χ3v) is 5.78. The first-order valence-electron chi connectivity index (χ1n) is 8.45. The van der Waals surface area contributed by atoms with Crippen molar-refractivity contribution < 1.29 is 4.79 Å². The maximum Gasteiger partial charge on any atom is 0.233 e. The van der Waals surface area contributed by atoms with Crippen molar-refractivity contribution >= 4 is 29.3 Å². The minimum absolute atomic E-state index is 0.0612. The molecule has 1 fully saturated rings. The van der Waals surface area contributed by atoms with Crippen LogP contribution < -0.4 is 0 Å². The average molecular weight is 384 g/mol. The zero-order chi connectivity index (χ0) is 17.9. The summed E-state index contributed by atoms with van der Waals surface area (Å²) in [6.07, 6.45) is 2.04. The Morgan fingerprint density at radius 1 is 1.08 bits per heavy atom. The number of hydrogen-bond acceptors (Lipinski definition) is 3. The van der Waals surface area contributed by atoms with Crippen LogP contribution in [0.4, 0.5) is 0 Å². The summed E-state index contributed by atoms with van der Waals surface area (Å²) >= 11 is 7.57. The molecule has 0 saturated carbocycles. The van der Waals surface area contributed by atoms with E-state index in [1.54, 1.807) is 11.8 Å². The van der Waals surface area contributed by atoms with Gasteiger partial charge in [0, 0.05) is 29.7 Å². The van der Waals surface area contributed by atoms with E-state index in [0.717, 1.165) is 22.5 Å². The molecule has 1 unspecified atom stereocenters. The lowest BCUT2D eigenvalue weighted by molar-refractivity contribution is -0.127. The van der Waals surface area contributed by atoms with Crippen LogP contribution in [0.25, 0.3) is 16.9 Å². The molecule has 2 aromatic carbocycles. The Hall–Kier alpha value is -2.24. The number of carbonyl (C=O) groups is 1. The second kappa shape index (κ2) is 7.56. The number of alkyl halides is 1. The first-order valence-corrected chi connectivity index (χ1v) is 10.0. The molecule has 2 heterocycles. The van der Waals surface area contributed by atoms with Gasteiger partial charge in [-0.1, -0.05) is 48.5 Å². The Kier molecular flexibility index (Phi) is 5.00. The SMILES string of the molecule is O=C1CSC(c2cn(-c3ccccc3)nc2-c2ccccc2)N1CCCl. The molecule has 1 aliphatic rings. The van der Waals surface area contributed by atoms with Crippen LogP contribution >= 0.6 is 23.4 Å². The van der Waals surface area contributed by atoms with Gasteiger partial charge in [-0.05, 0) is 12.1 Å². The van der Waals surface area contributed by atoms with Gasteiger partial charge in [0.2, 0.25) is 5.91 Å². The highest BCUT2D eigenvalue weighted by Crippen LogP contribution is 2.42. The van der Waals surface area contributed by atoms with Gasteiger partial charge in [0.25, 0.3) is 0 Å². The molecule has 6 heteroatoms. The Labute approximate surface area is 161 Å². The van der Waals surface area contributed by atoms with Crippen LogP contribution in [0.1, 0.15) is 10.9 Å². The van der Waals surface area contributed by atoms with Gasteiger partial charge in [-0.2, -0.15) is 5.10 Å². The van der Waals surface area contributed by atoms with Crippen molar-refractivity contribution in [1.29, 1.82) is 0 Å². The first kappa shape index (κ1) is 17.2. The molecule has 132 valence electrons. The molecule has 4 nitrogen and oxygen atoms in total. The molecular formula is C20H18ClN3OS. The van der Waals surface area contributed by atoms with Crippen LogP contribution in [-0.4, -0.2) is 38.8 Å². The van der Waals surface area contributed by atoms with Gasteiger partial charge in [-0.25, -0.2) is 4.68 Å². The van der Waals surface area contributed by atoms with Crippen LogP contribution in [0.2, 0.25) is 0 Å². The minimum atomic E-state index is -0.0612. The van der Waals surface area contributed by atoms with Gasteiger partial charge < -0.3 is 4.90 Å². The first-order chi connectivity index (χ1) is 12.8. The van der Waals surface area contributed by atoms with E-state index in [2.05, 4.69) is 12.1 Å². The Morgan fingerprint density at radius 3 is 2.46 bits per heavy atom. The van der Waals surface area contributed by atoms with Crippen molar-refractivity contribution in [2.24, 2.45) is 0 Å². The van der Waals surface area contributed by atoms with Crippen LogP contribution in [0.5, 0.6) is 0 Å². The Bertz CT molecular complexity index is 898. The molecule has 0 radical (unpaired) electrons. The summed E-state index contributed by atoms with van der Waals surface area (Å²) in [7, 11) is 0. The largest absolute Gasteiger partial charge is 0.324 e. The van der Waals surface area contributed by atoms with E-state index in [4.69, 9.17) is 16.7 Å². The third-order valence-electron chi connectivity index (χ3n) is 4.37. The molecule has 1 amide bonds. The lowest BCUT2D eigenvalue weighted by Gasteiger charge is -2.22. The summed E-state index contributed by atoms with van der Waals surface area (Å²) in [5.74, 6) is 1.04. The number of rotatable bonds is 5. The topological polar surface area (TPSA) is 38.1 Å². The fraction of sp³-hybridized carbons (Fsp3) is 0.200. The summed E-state index contributed by atoms with van der Waals surface area (Å²) < 4.78 is 1.89. The van der Waals surface area contributed by atoms with E-state index in [1.807, 2.05) is 64.3 Å². The molecule has 0 N–H and O–H groups in total. The molecule has 1 aromatic heterocycles. The van der Waals surface area contributed by atoms with Crippen molar-refractivity contribution in [3.05, 3.63) is 72.4 Å². The van der Waals surface area contributed by atoms with E-state index in [-0.39, 0.29) is 11.3 Å². The summed E-state index contributed by atoms with van der Waals surface area (Å²) in [6, 6.07) is 20.1. The predicted octanol–water partition coefficient (Wildman–Crippen LogP) is 4.35. The number of para-hydroxylation sites is 1. The smallest absolute Gasteiger partial charge is 0.233 e. The molecule has 4 rings (SSSR count). The molecule has 1 aliphatic heterocycles. The molecule has 0 spiro atoms. The average Bonchev–Trinajstić information content (AvgIpc) is 3.28. The fourth-order valence-electron chi connectivity index (χ4n) is 3.15. The molecule has 26 heavy (non-hydrogen) atoms. The van der Waals surface area contributed by atoms with E-state index in [9.17, 15) is 4.79 Å². The summed E-state index contributed by atoms with van der Waals surface area (Å²) in [6.45, 7) is 0.544. The van der Waals surface area contributed by atoms with Crippen LogP contribution in [0.3, 0.4) is 0 Å². The van der Waals surface area contributed by atoms with Crippen molar-refractivity contribution in [2.75, 3.05) is 18.2 Å². The monoisotopic (exact) mass is 383 g/mol. The number of nitrogens with zero attached hydrogens (tertiary/aromatic N) is 3. The highest BCUT2D eigenvalue weighted by molar-refractivity contribution is 8.00. The number of aromatic nitrogens is 2. The second-order valence-corrected chi connectivity index (χ2v) is 7.47. The maximum absolute atomic E-state index is 12.3. The fourth-order valence-corrected chi connectivity index (χ4v) is 4.55. The number of hydrogen-bond donors (Lipinski definition) is 0. The van der Waals surface area contributed by atoms with Gasteiger partial charge in [-0.3, -0.25) is 4.79 Å². The number of benzene rings is 2. The van der Waals surface area contributed by atoms with Crippen molar-refractivity contribution in [2.45, 2.75) is 5.37 Å². The van der Waals surface area contributed by atoms with E-state index in [0.29, 0.717) is 18.2 Å². The predicted molar refractivity (Wildman–Crippen MR) is 107 cm³/mol. The molecule has 0 bridgehead atoms. The highest BCUT2D eigenvalue weighted by atomic mass is 35.5. The molecule has 0 aliphatic carbocycles. The summed E-state index contributed by atoms with van der Waals surface area (Å²) in [5, 5.41) is 4.79. The standard InChI is InChI=1S/C20H18ClN3OS/c21-11-12-23-18(25)14-26-20(23)17-13-24(16-9-5-2-6-10-16)22-19(17)15-7-3-1-4-8-15/h1-10,13,20H,11-12,14H2. The number of halogens is 1. The van der Waals surface area contributed by atoms with Crippen LogP contribution in [0.15, 0.2) is 66.9 Å². The van der Waals surface area contributed by atoms with E-state index >= 15 is 0 Å². The Balaban J connectivity index is 1.82. The molecule has 3 aromatic rings. The zero-order valence-corrected chi connectivity index (χ0v) is 15.7. The van der Waals surface area contributed by atoms with Crippen LogP contribution in [-0.2, 0) is 4.79 Å². The second-order valence-electron chi connectivity index (χ2n) is 6.02. The molecular weight excluding hydrogens is 366 g/mol. The van der Waals surface area contributed by atoms with Crippen molar-refractivity contribution in [3.8, 4) is 16.9 Å². The number of thioether (sulfide) groups is 1. The van der Waals surface area contributed by atoms with E-state index in [1.165, 1.54) is 0 Å². The van der Waals surface area contributed by atoms with Gasteiger partial charge in [0.05, 0.1) is 17.1 Å². The highest BCUT2D eigenvalue weighted by Gasteiger charge is 2.35. The number of carbonyl (C=O) groups excluding carboxylic acids is 1. The normalized spacial score (nSPS) is 17.0. The van der Waals surface area contributed by atoms with E-state index < -0.39 is 0 Å². The quantitative estimate of drug-likeness (QED) is 0.615. The lowest BCUT2D eigenvalue weighted by atomic mass is 10.1. The molecule has 1 saturated heterocycles. The van der Waals surface area contributed by atoms with Gasteiger partial charge in [0.15, 0.2) is 0 Å². The zero-order valence-electron chi connectivity index (χ0n) is 14.1. The third kappa shape index (κ3) is 3.24. The van der Waals surface area contributed by atoms with Gasteiger partial charge in [0.1, 0.15) is 5.37 Å². The van der Waals surface area contributed by atoms with Crippen molar-refractivity contribution in [3.63, 3.8) is 0 Å². The maximum atomic E-state index is 12.3. The summed E-state index contributed by atoms with van der Waals surface area (Å²) in [5.41, 5.74) is 3.99. The van der Waals surface area contributed by atoms with Gasteiger partial charge in [-0.15, -0.1) is 23.4 Å².